The Morgan fingerprint density at radius 1 is 0.377 bits per heavy atom. The monoisotopic (exact) mass is 676 g/mol. The van der Waals surface area contributed by atoms with E-state index in [0.717, 1.165) is 88.3 Å². The van der Waals surface area contributed by atoms with Crippen LogP contribution in [0, 0.1) is 0 Å². The van der Waals surface area contributed by atoms with Gasteiger partial charge < -0.3 is 0 Å². The van der Waals surface area contributed by atoms with Gasteiger partial charge >= 0.3 is 0 Å². The summed E-state index contributed by atoms with van der Waals surface area (Å²) in [5, 5.41) is 7.86. The highest BCUT2D eigenvalue weighted by Crippen LogP contribution is 2.45. The van der Waals surface area contributed by atoms with E-state index in [2.05, 4.69) is 171 Å². The Morgan fingerprint density at radius 2 is 0.981 bits per heavy atom. The van der Waals surface area contributed by atoms with Crippen molar-refractivity contribution < 1.29 is 0 Å². The molecule has 0 fully saturated rings. The van der Waals surface area contributed by atoms with E-state index in [9.17, 15) is 0 Å². The first kappa shape index (κ1) is 28.4. The van der Waals surface area contributed by atoms with E-state index in [1.54, 1.807) is 0 Å². The highest BCUT2D eigenvalue weighted by atomic mass is 15.2. The van der Waals surface area contributed by atoms with E-state index in [1.807, 2.05) is 12.1 Å². The number of rotatable bonds is 3. The summed E-state index contributed by atoms with van der Waals surface area (Å²) in [6, 6.07) is 59.8. The lowest BCUT2D eigenvalue weighted by molar-refractivity contribution is 1.02. The van der Waals surface area contributed by atoms with Gasteiger partial charge in [0.2, 0.25) is 5.95 Å². The number of nitrogens with zero attached hydrogens (tertiary/aromatic N) is 6. The number of fused-ring (bicyclic) bond motifs is 15. The predicted molar refractivity (Wildman–Crippen MR) is 217 cm³/mol. The molecule has 0 saturated heterocycles. The molecule has 0 amide bonds. The van der Waals surface area contributed by atoms with Crippen LogP contribution in [0.15, 0.2) is 170 Å². The number of hydrogen-bond donors (Lipinski definition) is 0. The number of hydrogen-bond acceptors (Lipinski definition) is 3. The SMILES string of the molecule is c1ccc(-c2nc(-n3c4ccccc4c4ccc5c(c43)c3nc4ccccc4n3c3c5c4ccccc4n3-c3ccccc3)nc3ccccc23)cc1. The van der Waals surface area contributed by atoms with Crippen LogP contribution in [0.5, 0.6) is 0 Å². The molecule has 246 valence electrons. The fourth-order valence-electron chi connectivity index (χ4n) is 8.63. The molecule has 0 spiro atoms. The van der Waals surface area contributed by atoms with Crippen molar-refractivity contribution in [3.05, 3.63) is 170 Å². The van der Waals surface area contributed by atoms with Gasteiger partial charge in [0.1, 0.15) is 11.3 Å². The maximum absolute atomic E-state index is 5.46. The largest absolute Gasteiger partial charge is 0.295 e. The quantitative estimate of drug-likeness (QED) is 0.187. The molecule has 0 unspecified atom stereocenters. The van der Waals surface area contributed by atoms with Crippen LogP contribution in [0.3, 0.4) is 0 Å². The van der Waals surface area contributed by atoms with Gasteiger partial charge in [-0.15, -0.1) is 0 Å². The van der Waals surface area contributed by atoms with Gasteiger partial charge in [-0.1, -0.05) is 127 Å². The molecule has 0 radical (unpaired) electrons. The Labute approximate surface area is 302 Å². The van der Waals surface area contributed by atoms with Crippen LogP contribution in [-0.4, -0.2) is 28.5 Å². The third-order valence-electron chi connectivity index (χ3n) is 10.8. The molecule has 0 aliphatic carbocycles. The highest BCUT2D eigenvalue weighted by molar-refractivity contribution is 6.31. The smallest absolute Gasteiger partial charge is 0.235 e. The first-order chi connectivity index (χ1) is 26.3. The lowest BCUT2D eigenvalue weighted by Gasteiger charge is -2.14. The van der Waals surface area contributed by atoms with Gasteiger partial charge in [0, 0.05) is 38.2 Å². The number of aromatic nitrogens is 6. The molecule has 5 aromatic heterocycles. The molecule has 5 heterocycles. The highest BCUT2D eigenvalue weighted by Gasteiger charge is 2.26. The fraction of sp³-hybridized carbons (Fsp3) is 0. The molecule has 0 aliphatic rings. The van der Waals surface area contributed by atoms with E-state index >= 15 is 0 Å². The van der Waals surface area contributed by atoms with Crippen molar-refractivity contribution in [1.82, 2.24) is 28.5 Å². The molecule has 0 N–H and O–H groups in total. The van der Waals surface area contributed by atoms with Gasteiger partial charge in [-0.2, -0.15) is 0 Å². The first-order valence-corrected chi connectivity index (χ1v) is 17.9. The summed E-state index contributed by atoms with van der Waals surface area (Å²) in [5.41, 5.74) is 11.2. The molecule has 0 aliphatic heterocycles. The Hall–Kier alpha value is -7.31. The van der Waals surface area contributed by atoms with Gasteiger partial charge in [-0.05, 0) is 47.9 Å². The van der Waals surface area contributed by atoms with Crippen molar-refractivity contribution in [1.29, 1.82) is 0 Å². The van der Waals surface area contributed by atoms with Gasteiger partial charge in [0.25, 0.3) is 0 Å². The molecule has 12 aromatic rings. The molecule has 6 heteroatoms. The molecular formula is C47H28N6. The average molecular weight is 677 g/mol. The summed E-state index contributed by atoms with van der Waals surface area (Å²) in [4.78, 5) is 16.2. The van der Waals surface area contributed by atoms with Crippen LogP contribution in [-0.2, 0) is 0 Å². The zero-order valence-electron chi connectivity index (χ0n) is 28.3. The number of para-hydroxylation sites is 6. The molecule has 0 saturated carbocycles. The first-order valence-electron chi connectivity index (χ1n) is 17.9. The molecule has 12 rings (SSSR count). The summed E-state index contributed by atoms with van der Waals surface area (Å²) >= 11 is 0. The fourth-order valence-corrected chi connectivity index (χ4v) is 8.63. The van der Waals surface area contributed by atoms with Crippen molar-refractivity contribution in [3.63, 3.8) is 0 Å². The second kappa shape index (κ2) is 10.6. The van der Waals surface area contributed by atoms with Gasteiger partial charge in [0.05, 0.1) is 44.2 Å². The molecule has 6 nitrogen and oxygen atoms in total. The standard InChI is InChI=1S/C47H28N6/c1-3-15-29(16-4-1)43-33-20-7-10-22-36(33)49-47(50-43)52-38-24-12-8-19-31(38)32-27-28-35-41-34-21-9-13-25-39(34)51(30-17-5-2-6-18-30)46(41)53-40-26-14-11-23-37(40)48-45(53)42(35)44(32)52/h1-28H. The molecular weight excluding hydrogens is 649 g/mol. The van der Waals surface area contributed by atoms with Crippen LogP contribution in [0.4, 0.5) is 0 Å². The average Bonchev–Trinajstić information content (AvgIpc) is 3.89. The van der Waals surface area contributed by atoms with Gasteiger partial charge in [0.15, 0.2) is 0 Å². The second-order valence-electron chi connectivity index (χ2n) is 13.6. The third-order valence-corrected chi connectivity index (χ3v) is 10.8. The van der Waals surface area contributed by atoms with Crippen molar-refractivity contribution in [2.75, 3.05) is 0 Å². The minimum Gasteiger partial charge on any atom is -0.295 e. The third kappa shape index (κ3) is 3.84. The number of benzene rings is 7. The van der Waals surface area contributed by atoms with E-state index in [1.165, 1.54) is 10.8 Å². The van der Waals surface area contributed by atoms with Crippen LogP contribution in [0.1, 0.15) is 0 Å². The Bertz CT molecular complexity index is 3450. The molecule has 0 bridgehead atoms. The van der Waals surface area contributed by atoms with Crippen molar-refractivity contribution in [3.8, 4) is 22.9 Å². The minimum atomic E-state index is 0.627. The predicted octanol–water partition coefficient (Wildman–Crippen LogP) is 11.4. The van der Waals surface area contributed by atoms with Crippen LogP contribution >= 0.6 is 0 Å². The summed E-state index contributed by atoms with van der Waals surface area (Å²) in [5.74, 6) is 0.627. The van der Waals surface area contributed by atoms with Gasteiger partial charge in [-0.3, -0.25) is 13.5 Å². The van der Waals surface area contributed by atoms with Crippen molar-refractivity contribution in [2.24, 2.45) is 0 Å². The summed E-state index contributed by atoms with van der Waals surface area (Å²) in [7, 11) is 0. The van der Waals surface area contributed by atoms with Crippen molar-refractivity contribution in [2.45, 2.75) is 0 Å². The van der Waals surface area contributed by atoms with E-state index in [-0.39, 0.29) is 0 Å². The summed E-state index contributed by atoms with van der Waals surface area (Å²) in [6.07, 6.45) is 0. The Kier molecular flexibility index (Phi) is 5.68. The van der Waals surface area contributed by atoms with E-state index in [4.69, 9.17) is 15.0 Å². The Balaban J connectivity index is 1.35. The maximum Gasteiger partial charge on any atom is 0.235 e. The zero-order chi connectivity index (χ0) is 34.6. The summed E-state index contributed by atoms with van der Waals surface area (Å²) in [6.45, 7) is 0. The van der Waals surface area contributed by atoms with E-state index < -0.39 is 0 Å². The number of pyridine rings is 1. The van der Waals surface area contributed by atoms with Crippen LogP contribution < -0.4 is 0 Å². The minimum absolute atomic E-state index is 0.627. The Morgan fingerprint density at radius 3 is 1.77 bits per heavy atom. The van der Waals surface area contributed by atoms with Gasteiger partial charge in [-0.25, -0.2) is 15.0 Å². The molecule has 0 atom stereocenters. The van der Waals surface area contributed by atoms with Crippen LogP contribution in [0.25, 0.3) is 105 Å². The van der Waals surface area contributed by atoms with Crippen LogP contribution in [0.2, 0.25) is 0 Å². The zero-order valence-corrected chi connectivity index (χ0v) is 28.3. The van der Waals surface area contributed by atoms with Crippen molar-refractivity contribution >= 4 is 82.1 Å². The second-order valence-corrected chi connectivity index (χ2v) is 13.6. The molecule has 7 aromatic carbocycles. The lowest BCUT2D eigenvalue weighted by atomic mass is 10.0. The topological polar surface area (TPSA) is 52.9 Å². The lowest BCUT2D eigenvalue weighted by Crippen LogP contribution is -2.04. The summed E-state index contributed by atoms with van der Waals surface area (Å²) < 4.78 is 7.04. The van der Waals surface area contributed by atoms with E-state index in [0.29, 0.717) is 5.95 Å². The normalized spacial score (nSPS) is 12.2. The number of imidazole rings is 1. The molecule has 53 heavy (non-hydrogen) atoms. The maximum atomic E-state index is 5.46.